The first-order valence-electron chi connectivity index (χ1n) is 6.33. The Kier molecular flexibility index (Phi) is 3.66. The van der Waals surface area contributed by atoms with E-state index in [1.807, 2.05) is 0 Å². The Morgan fingerprint density at radius 1 is 1.29 bits per heavy atom. The Morgan fingerprint density at radius 2 is 2.00 bits per heavy atom. The fraction of sp³-hybridized carbons (Fsp3) is 0.833. The van der Waals surface area contributed by atoms with Crippen LogP contribution in [0.25, 0.3) is 0 Å². The zero-order valence-corrected chi connectivity index (χ0v) is 10.00. The summed E-state index contributed by atoms with van der Waals surface area (Å²) in [6.07, 6.45) is 5.14. The summed E-state index contributed by atoms with van der Waals surface area (Å²) < 4.78 is 0. The molecule has 2 rings (SSSR count). The lowest BCUT2D eigenvalue weighted by molar-refractivity contribution is -0.140. The van der Waals surface area contributed by atoms with E-state index in [4.69, 9.17) is 5.11 Å². The normalized spacial score (nSPS) is 21.6. The SMILES string of the molecule is O=C(O)CC1(NC(=O)CNCC2CC2)CCC1. The molecule has 5 heteroatoms. The van der Waals surface area contributed by atoms with Crippen molar-refractivity contribution < 1.29 is 14.7 Å². The Morgan fingerprint density at radius 3 is 2.47 bits per heavy atom. The molecule has 0 unspecified atom stereocenters. The molecule has 1 amide bonds. The fourth-order valence-electron chi connectivity index (χ4n) is 2.29. The Hall–Kier alpha value is -1.10. The first kappa shape index (κ1) is 12.4. The maximum atomic E-state index is 11.7. The summed E-state index contributed by atoms with van der Waals surface area (Å²) in [6, 6.07) is 0. The van der Waals surface area contributed by atoms with E-state index < -0.39 is 11.5 Å². The number of carboxylic acid groups (broad SMARTS) is 1. The van der Waals surface area contributed by atoms with Crippen LogP contribution >= 0.6 is 0 Å². The van der Waals surface area contributed by atoms with Crippen LogP contribution in [0.4, 0.5) is 0 Å². The summed E-state index contributed by atoms with van der Waals surface area (Å²) in [5, 5.41) is 14.8. The number of rotatable bonds is 7. The van der Waals surface area contributed by atoms with E-state index in [-0.39, 0.29) is 12.3 Å². The lowest BCUT2D eigenvalue weighted by Crippen LogP contribution is -2.56. The molecule has 0 aromatic carbocycles. The molecule has 5 nitrogen and oxygen atoms in total. The lowest BCUT2D eigenvalue weighted by atomic mass is 9.74. The van der Waals surface area contributed by atoms with Gasteiger partial charge in [0.05, 0.1) is 18.5 Å². The van der Waals surface area contributed by atoms with E-state index >= 15 is 0 Å². The molecule has 0 radical (unpaired) electrons. The molecule has 0 aromatic heterocycles. The van der Waals surface area contributed by atoms with E-state index in [1.165, 1.54) is 12.8 Å². The van der Waals surface area contributed by atoms with Gasteiger partial charge in [-0.1, -0.05) is 0 Å². The number of carbonyl (C=O) groups excluding carboxylic acids is 1. The van der Waals surface area contributed by atoms with Crippen molar-refractivity contribution in [3.8, 4) is 0 Å². The van der Waals surface area contributed by atoms with Gasteiger partial charge < -0.3 is 15.7 Å². The first-order valence-corrected chi connectivity index (χ1v) is 6.33. The Balaban J connectivity index is 1.69. The van der Waals surface area contributed by atoms with E-state index in [2.05, 4.69) is 10.6 Å². The largest absolute Gasteiger partial charge is 0.481 e. The third-order valence-corrected chi connectivity index (χ3v) is 3.62. The second-order valence-corrected chi connectivity index (χ2v) is 5.33. The predicted molar refractivity (Wildman–Crippen MR) is 62.6 cm³/mol. The van der Waals surface area contributed by atoms with E-state index in [9.17, 15) is 9.59 Å². The molecule has 2 saturated carbocycles. The second-order valence-electron chi connectivity index (χ2n) is 5.33. The van der Waals surface area contributed by atoms with Crippen LogP contribution in [0.1, 0.15) is 38.5 Å². The third kappa shape index (κ3) is 3.70. The molecule has 0 bridgehead atoms. The summed E-state index contributed by atoms with van der Waals surface area (Å²) in [4.78, 5) is 22.4. The van der Waals surface area contributed by atoms with Crippen LogP contribution in [0, 0.1) is 5.92 Å². The molecule has 96 valence electrons. The van der Waals surface area contributed by atoms with Gasteiger partial charge in [0, 0.05) is 0 Å². The van der Waals surface area contributed by atoms with Crippen molar-refractivity contribution in [2.75, 3.05) is 13.1 Å². The van der Waals surface area contributed by atoms with Crippen LogP contribution in [0.15, 0.2) is 0 Å². The smallest absolute Gasteiger partial charge is 0.305 e. The van der Waals surface area contributed by atoms with Gasteiger partial charge in [-0.2, -0.15) is 0 Å². The van der Waals surface area contributed by atoms with Crippen LogP contribution < -0.4 is 10.6 Å². The van der Waals surface area contributed by atoms with Crippen LogP contribution in [0.3, 0.4) is 0 Å². The maximum Gasteiger partial charge on any atom is 0.305 e. The van der Waals surface area contributed by atoms with Gasteiger partial charge in [0.1, 0.15) is 0 Å². The number of aliphatic carboxylic acids is 1. The number of hydrogen-bond donors (Lipinski definition) is 3. The van der Waals surface area contributed by atoms with Crippen molar-refractivity contribution in [2.45, 2.75) is 44.1 Å². The molecular formula is C12H20N2O3. The summed E-state index contributed by atoms with van der Waals surface area (Å²) in [5.41, 5.74) is -0.468. The standard InChI is InChI=1S/C12H20N2O3/c15-10(8-13-7-9-2-3-9)14-12(4-1-5-12)6-11(16)17/h9,13H,1-8H2,(H,14,15)(H,16,17). The van der Waals surface area contributed by atoms with E-state index in [0.717, 1.165) is 31.7 Å². The zero-order valence-electron chi connectivity index (χ0n) is 10.00. The highest BCUT2D eigenvalue weighted by molar-refractivity contribution is 5.80. The molecular weight excluding hydrogens is 220 g/mol. The van der Waals surface area contributed by atoms with E-state index in [1.54, 1.807) is 0 Å². The number of amides is 1. The minimum atomic E-state index is -0.837. The number of carboxylic acids is 1. The first-order chi connectivity index (χ1) is 8.10. The highest BCUT2D eigenvalue weighted by Crippen LogP contribution is 2.34. The predicted octanol–water partition coefficient (Wildman–Crippen LogP) is 0.500. The number of carbonyl (C=O) groups is 2. The minimum absolute atomic E-state index is 0.0430. The molecule has 2 aliphatic rings. The molecule has 0 aliphatic heterocycles. The molecule has 17 heavy (non-hydrogen) atoms. The fourth-order valence-corrected chi connectivity index (χ4v) is 2.29. The lowest BCUT2D eigenvalue weighted by Gasteiger charge is -2.41. The van der Waals surface area contributed by atoms with Gasteiger partial charge >= 0.3 is 5.97 Å². The van der Waals surface area contributed by atoms with Crippen molar-refractivity contribution in [1.29, 1.82) is 0 Å². The summed E-state index contributed by atoms with van der Waals surface area (Å²) >= 11 is 0. The summed E-state index contributed by atoms with van der Waals surface area (Å²) in [6.45, 7) is 1.21. The monoisotopic (exact) mass is 240 g/mol. The second kappa shape index (κ2) is 5.04. The van der Waals surface area contributed by atoms with Crippen LogP contribution in [0.5, 0.6) is 0 Å². The average Bonchev–Trinajstić information content (AvgIpc) is 2.97. The van der Waals surface area contributed by atoms with Gasteiger partial charge in [-0.3, -0.25) is 9.59 Å². The van der Waals surface area contributed by atoms with Crippen molar-refractivity contribution in [1.82, 2.24) is 10.6 Å². The van der Waals surface area contributed by atoms with Crippen molar-refractivity contribution in [3.05, 3.63) is 0 Å². The number of hydrogen-bond acceptors (Lipinski definition) is 3. The number of nitrogens with one attached hydrogen (secondary N) is 2. The van der Waals surface area contributed by atoms with Gasteiger partial charge in [0.2, 0.25) is 5.91 Å². The highest BCUT2D eigenvalue weighted by Gasteiger charge is 2.40. The molecule has 0 aromatic rings. The van der Waals surface area contributed by atoms with E-state index in [0.29, 0.717) is 6.54 Å². The molecule has 2 fully saturated rings. The van der Waals surface area contributed by atoms with Crippen LogP contribution in [0.2, 0.25) is 0 Å². The van der Waals surface area contributed by atoms with Crippen LogP contribution in [-0.4, -0.2) is 35.6 Å². The quantitative estimate of drug-likeness (QED) is 0.605. The average molecular weight is 240 g/mol. The Labute approximate surface area is 101 Å². The molecule has 3 N–H and O–H groups in total. The maximum absolute atomic E-state index is 11.7. The summed E-state index contributed by atoms with van der Waals surface area (Å²) in [5.74, 6) is -0.165. The third-order valence-electron chi connectivity index (χ3n) is 3.62. The van der Waals surface area contributed by atoms with Gasteiger partial charge in [0.15, 0.2) is 0 Å². The molecule has 0 atom stereocenters. The van der Waals surface area contributed by atoms with Crippen molar-refractivity contribution in [2.24, 2.45) is 5.92 Å². The summed E-state index contributed by atoms with van der Waals surface area (Å²) in [7, 11) is 0. The Bertz CT molecular complexity index is 309. The minimum Gasteiger partial charge on any atom is -0.481 e. The molecule has 0 saturated heterocycles. The van der Waals surface area contributed by atoms with Crippen molar-refractivity contribution >= 4 is 11.9 Å². The van der Waals surface area contributed by atoms with Gasteiger partial charge in [-0.05, 0) is 44.6 Å². The molecule has 2 aliphatic carbocycles. The van der Waals surface area contributed by atoms with Gasteiger partial charge in [-0.25, -0.2) is 0 Å². The van der Waals surface area contributed by atoms with Gasteiger partial charge in [0.25, 0.3) is 0 Å². The highest BCUT2D eigenvalue weighted by atomic mass is 16.4. The van der Waals surface area contributed by atoms with Gasteiger partial charge in [-0.15, -0.1) is 0 Å². The molecule has 0 spiro atoms. The molecule has 0 heterocycles. The zero-order chi connectivity index (χ0) is 12.3. The van der Waals surface area contributed by atoms with Crippen LogP contribution in [-0.2, 0) is 9.59 Å². The topological polar surface area (TPSA) is 78.4 Å². The van der Waals surface area contributed by atoms with Crippen molar-refractivity contribution in [3.63, 3.8) is 0 Å².